The van der Waals surface area contributed by atoms with Gasteiger partial charge < -0.3 is 25.0 Å². The summed E-state index contributed by atoms with van der Waals surface area (Å²) in [5.74, 6) is 1.13. The molecule has 5 nitrogen and oxygen atoms in total. The lowest BCUT2D eigenvalue weighted by molar-refractivity contribution is 0.122. The second kappa shape index (κ2) is 10.8. The molecule has 0 amide bonds. The van der Waals surface area contributed by atoms with Gasteiger partial charge in [-0.15, -0.1) is 0 Å². The molecular formula is C22H37N3O2. The number of hydrogen-bond acceptors (Lipinski definition) is 5. The van der Waals surface area contributed by atoms with Gasteiger partial charge in [-0.05, 0) is 65.1 Å². The molecule has 0 unspecified atom stereocenters. The molecule has 27 heavy (non-hydrogen) atoms. The first-order valence-corrected chi connectivity index (χ1v) is 10.8. The number of benzene rings is 1. The summed E-state index contributed by atoms with van der Waals surface area (Å²) in [6, 6.07) is 4.63. The molecule has 0 aromatic heterocycles. The molecule has 1 aliphatic carbocycles. The number of nitrogens with one attached hydrogen (secondary N) is 2. The zero-order chi connectivity index (χ0) is 18.9. The second-order valence-corrected chi connectivity index (χ2v) is 7.83. The van der Waals surface area contributed by atoms with Crippen molar-refractivity contribution in [2.45, 2.75) is 57.5 Å². The third kappa shape index (κ3) is 5.76. The summed E-state index contributed by atoms with van der Waals surface area (Å²) in [6.45, 7) is 4.67. The monoisotopic (exact) mass is 375 g/mol. The van der Waals surface area contributed by atoms with Crippen molar-refractivity contribution in [2.75, 3.05) is 57.2 Å². The van der Waals surface area contributed by atoms with Crippen molar-refractivity contribution in [3.8, 4) is 5.75 Å². The number of fused-ring (bicyclic) bond motifs is 1. The molecule has 0 spiro atoms. The van der Waals surface area contributed by atoms with Crippen LogP contribution in [0.2, 0.25) is 0 Å². The Hall–Kier alpha value is -1.46. The molecule has 4 rings (SSSR count). The molecule has 1 aromatic rings. The van der Waals surface area contributed by atoms with Crippen LogP contribution in [0.3, 0.4) is 0 Å². The lowest BCUT2D eigenvalue weighted by Gasteiger charge is -2.31. The molecule has 2 fully saturated rings. The van der Waals surface area contributed by atoms with Gasteiger partial charge in [-0.1, -0.05) is 6.42 Å². The Morgan fingerprint density at radius 2 is 1.78 bits per heavy atom. The lowest BCUT2D eigenvalue weighted by atomic mass is 9.97. The number of rotatable bonds is 3. The van der Waals surface area contributed by atoms with E-state index in [9.17, 15) is 0 Å². The maximum atomic E-state index is 6.54. The zero-order valence-electron chi connectivity index (χ0n) is 17.2. The summed E-state index contributed by atoms with van der Waals surface area (Å²) in [7, 11) is 3.75. The molecule has 2 heterocycles. The first-order chi connectivity index (χ1) is 13.3. The van der Waals surface area contributed by atoms with Crippen molar-refractivity contribution >= 4 is 11.4 Å². The van der Waals surface area contributed by atoms with E-state index in [1.54, 1.807) is 0 Å². The van der Waals surface area contributed by atoms with Gasteiger partial charge in [0.05, 0.1) is 19.3 Å². The highest BCUT2D eigenvalue weighted by atomic mass is 16.5. The zero-order valence-corrected chi connectivity index (χ0v) is 17.2. The maximum Gasteiger partial charge on any atom is 0.127 e. The van der Waals surface area contributed by atoms with E-state index < -0.39 is 0 Å². The van der Waals surface area contributed by atoms with Crippen LogP contribution >= 0.6 is 0 Å². The van der Waals surface area contributed by atoms with E-state index in [1.165, 1.54) is 61.9 Å². The van der Waals surface area contributed by atoms with Gasteiger partial charge >= 0.3 is 0 Å². The molecule has 1 aromatic carbocycles. The Balaban J connectivity index is 0.000000659. The van der Waals surface area contributed by atoms with Gasteiger partial charge in [-0.2, -0.15) is 0 Å². The lowest BCUT2D eigenvalue weighted by Crippen LogP contribution is -2.36. The first kappa shape index (κ1) is 20.3. The summed E-state index contributed by atoms with van der Waals surface area (Å²) >= 11 is 0. The Morgan fingerprint density at radius 3 is 2.52 bits per heavy atom. The molecule has 0 atom stereocenters. The van der Waals surface area contributed by atoms with Gasteiger partial charge in [0.2, 0.25) is 0 Å². The number of morpholine rings is 1. The molecule has 152 valence electrons. The van der Waals surface area contributed by atoms with Crippen molar-refractivity contribution in [3.63, 3.8) is 0 Å². The average Bonchev–Trinajstić information content (AvgIpc) is 2.96. The van der Waals surface area contributed by atoms with E-state index in [-0.39, 0.29) is 0 Å². The van der Waals surface area contributed by atoms with E-state index in [0.717, 1.165) is 45.0 Å². The minimum Gasteiger partial charge on any atom is -0.490 e. The van der Waals surface area contributed by atoms with E-state index >= 15 is 0 Å². The molecule has 2 N–H and O–H groups in total. The summed E-state index contributed by atoms with van der Waals surface area (Å²) in [5.41, 5.74) is 3.98. The van der Waals surface area contributed by atoms with E-state index in [0.29, 0.717) is 6.10 Å². The molecule has 1 saturated heterocycles. The summed E-state index contributed by atoms with van der Waals surface area (Å²) in [6.07, 6.45) is 10.5. The van der Waals surface area contributed by atoms with Crippen LogP contribution in [0.1, 0.15) is 50.5 Å². The predicted octanol–water partition coefficient (Wildman–Crippen LogP) is 3.82. The number of anilines is 2. The summed E-state index contributed by atoms with van der Waals surface area (Å²) in [5, 5.41) is 6.39. The fourth-order valence-corrected chi connectivity index (χ4v) is 4.17. The second-order valence-electron chi connectivity index (χ2n) is 7.83. The van der Waals surface area contributed by atoms with Gasteiger partial charge in [0.15, 0.2) is 0 Å². The highest BCUT2D eigenvalue weighted by molar-refractivity contribution is 5.68. The first-order valence-electron chi connectivity index (χ1n) is 10.8. The van der Waals surface area contributed by atoms with E-state index in [1.807, 2.05) is 14.1 Å². The van der Waals surface area contributed by atoms with Crippen molar-refractivity contribution in [2.24, 2.45) is 0 Å². The van der Waals surface area contributed by atoms with Crippen molar-refractivity contribution < 1.29 is 9.47 Å². The topological polar surface area (TPSA) is 45.8 Å². The Kier molecular flexibility index (Phi) is 8.09. The van der Waals surface area contributed by atoms with Crippen molar-refractivity contribution in [1.82, 2.24) is 5.32 Å². The SMILES string of the molecule is CNC.c1c(N2CCOCC2)cc(OC2CCCCC2)c2c1NCCCC2. The molecular weight excluding hydrogens is 338 g/mol. The highest BCUT2D eigenvalue weighted by Gasteiger charge is 2.22. The Labute approximate surface area is 164 Å². The fraction of sp³-hybridized carbons (Fsp3) is 0.727. The Bertz CT molecular complexity index is 567. The van der Waals surface area contributed by atoms with Crippen LogP contribution in [-0.2, 0) is 11.2 Å². The number of hydrogen-bond donors (Lipinski definition) is 2. The third-order valence-corrected chi connectivity index (χ3v) is 5.58. The number of nitrogens with zero attached hydrogens (tertiary/aromatic N) is 1. The summed E-state index contributed by atoms with van der Waals surface area (Å²) in [4.78, 5) is 2.43. The van der Waals surface area contributed by atoms with Gasteiger partial charge in [-0.3, -0.25) is 0 Å². The highest BCUT2D eigenvalue weighted by Crippen LogP contribution is 2.37. The van der Waals surface area contributed by atoms with Gasteiger partial charge in [0.1, 0.15) is 5.75 Å². The van der Waals surface area contributed by atoms with Gasteiger partial charge in [0, 0.05) is 42.6 Å². The number of ether oxygens (including phenoxy) is 2. The average molecular weight is 376 g/mol. The molecule has 2 aliphatic heterocycles. The van der Waals surface area contributed by atoms with E-state index in [4.69, 9.17) is 9.47 Å². The Morgan fingerprint density at radius 1 is 1.04 bits per heavy atom. The standard InChI is InChI=1S/C20H30N2O2.C2H7N/c1-2-6-17(7-3-1)24-20-15-16(22-10-12-23-13-11-22)14-19-18(20)8-4-5-9-21-19;1-3-2/h14-15,17,21H,1-13H2;3H,1-2H3. The minimum absolute atomic E-state index is 0.408. The van der Waals surface area contributed by atoms with Gasteiger partial charge in [-0.25, -0.2) is 0 Å². The van der Waals surface area contributed by atoms with Crippen LogP contribution in [-0.4, -0.2) is 53.0 Å². The van der Waals surface area contributed by atoms with Crippen LogP contribution in [0.4, 0.5) is 11.4 Å². The normalized spacial score (nSPS) is 20.6. The van der Waals surface area contributed by atoms with Crippen LogP contribution in [0.15, 0.2) is 12.1 Å². The predicted molar refractivity (Wildman–Crippen MR) is 113 cm³/mol. The van der Waals surface area contributed by atoms with Crippen molar-refractivity contribution in [1.29, 1.82) is 0 Å². The fourth-order valence-electron chi connectivity index (χ4n) is 4.17. The van der Waals surface area contributed by atoms with Gasteiger partial charge in [0.25, 0.3) is 0 Å². The quantitative estimate of drug-likeness (QED) is 0.841. The van der Waals surface area contributed by atoms with Crippen LogP contribution in [0.25, 0.3) is 0 Å². The minimum atomic E-state index is 0.408. The van der Waals surface area contributed by atoms with Crippen molar-refractivity contribution in [3.05, 3.63) is 17.7 Å². The largest absolute Gasteiger partial charge is 0.490 e. The smallest absolute Gasteiger partial charge is 0.127 e. The third-order valence-electron chi connectivity index (χ3n) is 5.58. The summed E-state index contributed by atoms with van der Waals surface area (Å²) < 4.78 is 12.1. The molecule has 3 aliphatic rings. The molecule has 0 bridgehead atoms. The van der Waals surface area contributed by atoms with E-state index in [2.05, 4.69) is 27.7 Å². The van der Waals surface area contributed by atoms with Crippen LogP contribution in [0, 0.1) is 0 Å². The maximum absolute atomic E-state index is 6.54. The molecule has 5 heteroatoms. The molecule has 0 radical (unpaired) electrons. The van der Waals surface area contributed by atoms with Crippen LogP contribution in [0.5, 0.6) is 5.75 Å². The molecule has 1 saturated carbocycles. The van der Waals surface area contributed by atoms with Crippen LogP contribution < -0.4 is 20.3 Å².